The van der Waals surface area contributed by atoms with Crippen molar-refractivity contribution in [3.63, 3.8) is 0 Å². The van der Waals surface area contributed by atoms with Crippen molar-refractivity contribution in [3.8, 4) is 0 Å². The van der Waals surface area contributed by atoms with Crippen molar-refractivity contribution in [3.05, 3.63) is 34.2 Å². The highest BCUT2D eigenvalue weighted by atomic mass is 79.9. The third-order valence-electron chi connectivity index (χ3n) is 1.97. The maximum absolute atomic E-state index is 13.1. The van der Waals surface area contributed by atoms with Crippen LogP contribution in [0, 0.1) is 12.7 Å². The van der Waals surface area contributed by atoms with Gasteiger partial charge in [-0.05, 0) is 40.5 Å². The molecule has 1 aromatic carbocycles. The summed E-state index contributed by atoms with van der Waals surface area (Å²) in [6, 6.07) is 3.43. The van der Waals surface area contributed by atoms with Gasteiger partial charge in [0.25, 0.3) is 0 Å². The van der Waals surface area contributed by atoms with Gasteiger partial charge in [-0.3, -0.25) is 0 Å². The van der Waals surface area contributed by atoms with Gasteiger partial charge in [-0.25, -0.2) is 4.39 Å². The van der Waals surface area contributed by atoms with Crippen molar-refractivity contribution in [2.24, 2.45) is 0 Å². The monoisotopic (exact) mass is 227 g/mol. The molecule has 0 saturated carbocycles. The highest BCUT2D eigenvalue weighted by Gasteiger charge is 2.07. The molecule has 0 aliphatic rings. The van der Waals surface area contributed by atoms with Gasteiger partial charge in [0.1, 0.15) is 5.82 Å². The molecule has 2 rings (SSSR count). The minimum atomic E-state index is -0.183. The third kappa shape index (κ3) is 0.966. The largest absolute Gasteiger partial charge is 0.361 e. The first-order chi connectivity index (χ1) is 5.70. The number of H-pyrrole nitrogens is 1. The summed E-state index contributed by atoms with van der Waals surface area (Å²) in [7, 11) is 0. The fraction of sp³-hybridized carbons (Fsp3) is 0.111. The van der Waals surface area contributed by atoms with E-state index in [0.717, 1.165) is 15.4 Å². The maximum atomic E-state index is 13.1. The van der Waals surface area contributed by atoms with E-state index in [-0.39, 0.29) is 5.82 Å². The normalized spacial score (nSPS) is 10.9. The first kappa shape index (κ1) is 7.80. The number of rotatable bonds is 0. The number of aromatic amines is 1. The smallest absolute Gasteiger partial charge is 0.129 e. The van der Waals surface area contributed by atoms with Crippen LogP contribution in [0.15, 0.2) is 22.8 Å². The van der Waals surface area contributed by atoms with Gasteiger partial charge < -0.3 is 4.98 Å². The van der Waals surface area contributed by atoms with Crippen LogP contribution in [-0.2, 0) is 0 Å². The first-order valence-electron chi connectivity index (χ1n) is 3.62. The first-order valence-corrected chi connectivity index (χ1v) is 4.41. The summed E-state index contributed by atoms with van der Waals surface area (Å²) in [6.07, 6.45) is 1.80. The fourth-order valence-electron chi connectivity index (χ4n) is 1.23. The summed E-state index contributed by atoms with van der Waals surface area (Å²) >= 11 is 3.35. The molecule has 2 aromatic rings. The zero-order valence-corrected chi connectivity index (χ0v) is 8.07. The summed E-state index contributed by atoms with van der Waals surface area (Å²) in [5, 5.41) is 1.02. The van der Waals surface area contributed by atoms with E-state index >= 15 is 0 Å². The highest BCUT2D eigenvalue weighted by Crippen LogP contribution is 2.28. The van der Waals surface area contributed by atoms with Gasteiger partial charge in [-0.1, -0.05) is 0 Å². The Morgan fingerprint density at radius 2 is 2.25 bits per heavy atom. The summed E-state index contributed by atoms with van der Waals surface area (Å²) in [4.78, 5) is 2.96. The molecular weight excluding hydrogens is 221 g/mol. The molecular formula is C9H7BrFN. The molecule has 12 heavy (non-hydrogen) atoms. The van der Waals surface area contributed by atoms with Crippen LogP contribution in [-0.4, -0.2) is 4.98 Å². The zero-order chi connectivity index (χ0) is 8.72. The quantitative estimate of drug-likeness (QED) is 0.711. The molecule has 0 fully saturated rings. The topological polar surface area (TPSA) is 15.8 Å². The Morgan fingerprint density at radius 1 is 1.50 bits per heavy atom. The molecule has 0 amide bonds. The predicted octanol–water partition coefficient (Wildman–Crippen LogP) is 3.38. The Bertz CT molecular complexity index is 433. The number of fused-ring (bicyclic) bond motifs is 1. The van der Waals surface area contributed by atoms with Crippen molar-refractivity contribution < 1.29 is 4.39 Å². The van der Waals surface area contributed by atoms with E-state index in [1.807, 2.05) is 6.07 Å². The summed E-state index contributed by atoms with van der Waals surface area (Å²) in [5.41, 5.74) is 1.48. The van der Waals surface area contributed by atoms with Gasteiger partial charge >= 0.3 is 0 Å². The molecule has 0 saturated heterocycles. The molecule has 62 valence electrons. The van der Waals surface area contributed by atoms with E-state index in [4.69, 9.17) is 0 Å². The van der Waals surface area contributed by atoms with E-state index in [1.54, 1.807) is 13.1 Å². The highest BCUT2D eigenvalue weighted by molar-refractivity contribution is 9.10. The lowest BCUT2D eigenvalue weighted by Crippen LogP contribution is -1.84. The standard InChI is InChI=1S/C9H7BrFN/c1-5-7(11)4-8-6(9(5)10)2-3-12-8/h2-4,12H,1H3. The van der Waals surface area contributed by atoms with Crippen molar-refractivity contribution in [2.75, 3.05) is 0 Å². The average Bonchev–Trinajstić information content (AvgIpc) is 2.48. The Kier molecular flexibility index (Phi) is 1.68. The van der Waals surface area contributed by atoms with E-state index in [1.165, 1.54) is 6.07 Å². The van der Waals surface area contributed by atoms with Gasteiger partial charge in [-0.15, -0.1) is 0 Å². The van der Waals surface area contributed by atoms with Crippen LogP contribution in [0.5, 0.6) is 0 Å². The van der Waals surface area contributed by atoms with Crippen molar-refractivity contribution in [1.29, 1.82) is 0 Å². The Labute approximate surface area is 77.7 Å². The lowest BCUT2D eigenvalue weighted by Gasteiger charge is -2.00. The van der Waals surface area contributed by atoms with Crippen LogP contribution in [0.1, 0.15) is 5.56 Å². The number of hydrogen-bond donors (Lipinski definition) is 1. The summed E-state index contributed by atoms with van der Waals surface area (Å²) in [6.45, 7) is 1.76. The van der Waals surface area contributed by atoms with E-state index < -0.39 is 0 Å². The molecule has 0 bridgehead atoms. The van der Waals surface area contributed by atoms with Crippen LogP contribution in [0.3, 0.4) is 0 Å². The summed E-state index contributed by atoms with van der Waals surface area (Å²) < 4.78 is 14.0. The Balaban J connectivity index is 2.94. The Hall–Kier alpha value is -0.830. The second kappa shape index (κ2) is 2.59. The van der Waals surface area contributed by atoms with Crippen LogP contribution in [0.25, 0.3) is 10.9 Å². The molecule has 0 radical (unpaired) electrons. The van der Waals surface area contributed by atoms with Crippen LogP contribution >= 0.6 is 15.9 Å². The number of aromatic nitrogens is 1. The average molecular weight is 228 g/mol. The van der Waals surface area contributed by atoms with E-state index in [9.17, 15) is 4.39 Å². The number of halogens is 2. The van der Waals surface area contributed by atoms with Crippen molar-refractivity contribution >= 4 is 26.8 Å². The van der Waals surface area contributed by atoms with E-state index in [2.05, 4.69) is 20.9 Å². The SMILES string of the molecule is Cc1c(F)cc2[nH]ccc2c1Br. The van der Waals surface area contributed by atoms with Gasteiger partial charge in [0, 0.05) is 21.6 Å². The van der Waals surface area contributed by atoms with Gasteiger partial charge in [0.15, 0.2) is 0 Å². The molecule has 0 aliphatic carbocycles. The second-order valence-corrected chi connectivity index (χ2v) is 3.53. The molecule has 1 nitrogen and oxygen atoms in total. The molecule has 0 aliphatic heterocycles. The van der Waals surface area contributed by atoms with E-state index in [0.29, 0.717) is 5.56 Å². The number of hydrogen-bond acceptors (Lipinski definition) is 0. The van der Waals surface area contributed by atoms with Gasteiger partial charge in [-0.2, -0.15) is 0 Å². The fourth-order valence-corrected chi connectivity index (χ4v) is 1.77. The van der Waals surface area contributed by atoms with Crippen molar-refractivity contribution in [2.45, 2.75) is 6.92 Å². The number of nitrogens with one attached hydrogen (secondary N) is 1. The molecule has 1 N–H and O–H groups in total. The maximum Gasteiger partial charge on any atom is 0.129 e. The lowest BCUT2D eigenvalue weighted by molar-refractivity contribution is 0.619. The molecule has 0 spiro atoms. The predicted molar refractivity (Wildman–Crippen MR) is 50.7 cm³/mol. The molecule has 0 atom stereocenters. The van der Waals surface area contributed by atoms with Gasteiger partial charge in [0.2, 0.25) is 0 Å². The minimum absolute atomic E-state index is 0.183. The second-order valence-electron chi connectivity index (χ2n) is 2.74. The minimum Gasteiger partial charge on any atom is -0.361 e. The van der Waals surface area contributed by atoms with Gasteiger partial charge in [0.05, 0.1) is 0 Å². The molecule has 1 heterocycles. The molecule has 1 aromatic heterocycles. The molecule has 0 unspecified atom stereocenters. The lowest BCUT2D eigenvalue weighted by atomic mass is 10.2. The van der Waals surface area contributed by atoms with Crippen LogP contribution < -0.4 is 0 Å². The summed E-state index contributed by atoms with van der Waals surface area (Å²) in [5.74, 6) is -0.183. The van der Waals surface area contributed by atoms with Crippen molar-refractivity contribution in [1.82, 2.24) is 4.98 Å². The number of benzene rings is 1. The molecule has 3 heteroatoms. The third-order valence-corrected chi connectivity index (χ3v) is 3.00. The van der Waals surface area contributed by atoms with Crippen LogP contribution in [0.2, 0.25) is 0 Å². The Morgan fingerprint density at radius 3 is 3.00 bits per heavy atom. The van der Waals surface area contributed by atoms with Crippen LogP contribution in [0.4, 0.5) is 4.39 Å². The zero-order valence-electron chi connectivity index (χ0n) is 6.49.